The molecule has 1 unspecified atom stereocenters. The number of aromatic nitrogens is 1. The summed E-state index contributed by atoms with van der Waals surface area (Å²) in [5, 5.41) is 11.3. The van der Waals surface area contributed by atoms with Gasteiger partial charge in [0, 0.05) is 11.1 Å². The number of nitrogens with two attached hydrogens (primary N) is 1. The molecule has 17 heavy (non-hydrogen) atoms. The van der Waals surface area contributed by atoms with E-state index >= 15 is 0 Å². The van der Waals surface area contributed by atoms with Gasteiger partial charge in [0.25, 0.3) is 0 Å². The van der Waals surface area contributed by atoms with E-state index in [4.69, 9.17) is 5.73 Å². The van der Waals surface area contributed by atoms with Gasteiger partial charge in [0.1, 0.15) is 5.75 Å². The van der Waals surface area contributed by atoms with Crippen molar-refractivity contribution in [3.8, 4) is 5.75 Å². The number of nitrogens with zero attached hydrogens (tertiary/aromatic N) is 1. The average molecular weight is 230 g/mol. The molecule has 2 rings (SSSR count). The largest absolute Gasteiger partial charge is 0.508 e. The number of phenols is 1. The van der Waals surface area contributed by atoms with Crippen LogP contribution in [0.4, 0.5) is 0 Å². The Kier molecular flexibility index (Phi) is 2.71. The lowest BCUT2D eigenvalue weighted by atomic mass is 10.0. The summed E-state index contributed by atoms with van der Waals surface area (Å²) in [6.45, 7) is 3.59. The van der Waals surface area contributed by atoms with Crippen LogP contribution in [0.25, 0.3) is 10.8 Å². The predicted molar refractivity (Wildman–Crippen MR) is 65.8 cm³/mol. The van der Waals surface area contributed by atoms with Gasteiger partial charge in [-0.05, 0) is 43.5 Å². The van der Waals surface area contributed by atoms with Crippen LogP contribution in [0.3, 0.4) is 0 Å². The van der Waals surface area contributed by atoms with E-state index in [1.165, 1.54) is 0 Å². The van der Waals surface area contributed by atoms with Crippen molar-refractivity contribution in [3.05, 3.63) is 35.7 Å². The van der Waals surface area contributed by atoms with E-state index in [1.807, 2.05) is 13.0 Å². The fraction of sp³-hybridized carbons (Fsp3) is 0.231. The van der Waals surface area contributed by atoms with Gasteiger partial charge in [-0.1, -0.05) is 0 Å². The van der Waals surface area contributed by atoms with Crippen molar-refractivity contribution in [2.24, 2.45) is 5.73 Å². The zero-order chi connectivity index (χ0) is 12.6. The van der Waals surface area contributed by atoms with E-state index in [-0.39, 0.29) is 5.75 Å². The molecule has 88 valence electrons. The van der Waals surface area contributed by atoms with Gasteiger partial charge in [-0.25, -0.2) is 0 Å². The lowest BCUT2D eigenvalue weighted by Crippen LogP contribution is -2.19. The molecular weight excluding hydrogens is 216 g/mol. The maximum Gasteiger partial charge on any atom is 0.226 e. The Labute approximate surface area is 99.1 Å². The molecule has 4 heteroatoms. The van der Waals surface area contributed by atoms with Crippen LogP contribution in [0.1, 0.15) is 24.2 Å². The molecule has 1 amide bonds. The van der Waals surface area contributed by atoms with Crippen molar-refractivity contribution in [2.75, 3.05) is 0 Å². The Morgan fingerprint density at radius 2 is 2.12 bits per heavy atom. The van der Waals surface area contributed by atoms with Crippen LogP contribution in [-0.4, -0.2) is 16.0 Å². The van der Waals surface area contributed by atoms with Gasteiger partial charge < -0.3 is 10.8 Å². The molecule has 0 radical (unpaired) electrons. The first-order chi connectivity index (χ1) is 7.99. The second-order valence-corrected chi connectivity index (χ2v) is 4.16. The molecule has 1 aromatic carbocycles. The number of fused-ring (bicyclic) bond motifs is 1. The zero-order valence-corrected chi connectivity index (χ0v) is 9.77. The molecule has 4 nitrogen and oxygen atoms in total. The van der Waals surface area contributed by atoms with Gasteiger partial charge >= 0.3 is 0 Å². The Bertz CT molecular complexity index is 593. The predicted octanol–water partition coefficient (Wildman–Crippen LogP) is 1.84. The SMILES string of the molecule is Cc1nc(C(C)C(N)=O)cc2cc(O)ccc12. The number of carbonyl (C=O) groups excluding carboxylic acids is 1. The zero-order valence-electron chi connectivity index (χ0n) is 9.77. The maximum atomic E-state index is 11.1. The third kappa shape index (κ3) is 2.06. The molecule has 1 atom stereocenters. The van der Waals surface area contributed by atoms with Gasteiger partial charge in [-0.2, -0.15) is 0 Å². The number of phenolic OH excluding ortho intramolecular Hbond substituents is 1. The summed E-state index contributed by atoms with van der Waals surface area (Å²) >= 11 is 0. The normalized spacial score (nSPS) is 12.6. The monoisotopic (exact) mass is 230 g/mol. The van der Waals surface area contributed by atoms with Crippen molar-refractivity contribution < 1.29 is 9.90 Å². The van der Waals surface area contributed by atoms with Crippen molar-refractivity contribution >= 4 is 16.7 Å². The maximum absolute atomic E-state index is 11.1. The highest BCUT2D eigenvalue weighted by Gasteiger charge is 2.14. The molecule has 1 heterocycles. The third-order valence-corrected chi connectivity index (χ3v) is 2.90. The van der Waals surface area contributed by atoms with Crippen LogP contribution in [0.2, 0.25) is 0 Å². The molecule has 2 aromatic rings. The molecule has 1 aromatic heterocycles. The minimum Gasteiger partial charge on any atom is -0.508 e. The van der Waals surface area contributed by atoms with Gasteiger partial charge in [-0.3, -0.25) is 9.78 Å². The standard InChI is InChI=1S/C13H14N2O2/c1-7(13(14)17)12-6-9-5-10(16)3-4-11(9)8(2)15-12/h3-7,16H,1-2H3,(H2,14,17). The Balaban J connectivity index is 2.65. The van der Waals surface area contributed by atoms with Gasteiger partial charge in [-0.15, -0.1) is 0 Å². The minimum atomic E-state index is -0.430. The number of pyridine rings is 1. The Morgan fingerprint density at radius 3 is 2.76 bits per heavy atom. The van der Waals surface area contributed by atoms with E-state index in [1.54, 1.807) is 25.1 Å². The first kappa shape index (κ1) is 11.4. The number of amides is 1. The quantitative estimate of drug-likeness (QED) is 0.826. The summed E-state index contributed by atoms with van der Waals surface area (Å²) in [7, 11) is 0. The lowest BCUT2D eigenvalue weighted by Gasteiger charge is -2.10. The fourth-order valence-electron chi connectivity index (χ4n) is 1.81. The summed E-state index contributed by atoms with van der Waals surface area (Å²) in [4.78, 5) is 15.5. The second-order valence-electron chi connectivity index (χ2n) is 4.16. The molecule has 0 spiro atoms. The fourth-order valence-corrected chi connectivity index (χ4v) is 1.81. The van der Waals surface area contributed by atoms with Gasteiger partial charge in [0.15, 0.2) is 0 Å². The number of hydrogen-bond donors (Lipinski definition) is 2. The summed E-state index contributed by atoms with van der Waals surface area (Å²) in [5.74, 6) is -0.641. The number of primary amides is 1. The summed E-state index contributed by atoms with van der Waals surface area (Å²) in [5.41, 5.74) is 6.72. The summed E-state index contributed by atoms with van der Waals surface area (Å²) in [6.07, 6.45) is 0. The Morgan fingerprint density at radius 1 is 1.41 bits per heavy atom. The molecule has 0 fully saturated rings. The average Bonchev–Trinajstić information content (AvgIpc) is 2.27. The van der Waals surface area contributed by atoms with Crippen molar-refractivity contribution in [2.45, 2.75) is 19.8 Å². The smallest absolute Gasteiger partial charge is 0.226 e. The van der Waals surface area contributed by atoms with E-state index < -0.39 is 11.8 Å². The lowest BCUT2D eigenvalue weighted by molar-refractivity contribution is -0.119. The molecule has 0 aliphatic rings. The van der Waals surface area contributed by atoms with E-state index in [0.29, 0.717) is 5.69 Å². The molecule has 0 aliphatic heterocycles. The first-order valence-corrected chi connectivity index (χ1v) is 5.38. The second kappa shape index (κ2) is 4.05. The van der Waals surface area contributed by atoms with E-state index in [2.05, 4.69) is 4.98 Å². The number of hydrogen-bond acceptors (Lipinski definition) is 3. The number of aromatic hydroxyl groups is 1. The number of rotatable bonds is 2. The van der Waals surface area contributed by atoms with Gasteiger partial charge in [0.2, 0.25) is 5.91 Å². The number of aryl methyl sites for hydroxylation is 1. The van der Waals surface area contributed by atoms with E-state index in [9.17, 15) is 9.90 Å². The van der Waals surface area contributed by atoms with Crippen molar-refractivity contribution in [1.29, 1.82) is 0 Å². The summed E-state index contributed by atoms with van der Waals surface area (Å²) in [6, 6.07) is 6.87. The molecule has 0 saturated carbocycles. The topological polar surface area (TPSA) is 76.2 Å². The van der Waals surface area contributed by atoms with Crippen LogP contribution in [0.5, 0.6) is 5.75 Å². The van der Waals surface area contributed by atoms with Crippen LogP contribution >= 0.6 is 0 Å². The minimum absolute atomic E-state index is 0.195. The molecule has 3 N–H and O–H groups in total. The Hall–Kier alpha value is -2.10. The van der Waals surface area contributed by atoms with Crippen LogP contribution in [0, 0.1) is 6.92 Å². The van der Waals surface area contributed by atoms with Crippen LogP contribution in [0.15, 0.2) is 24.3 Å². The number of benzene rings is 1. The highest BCUT2D eigenvalue weighted by Crippen LogP contribution is 2.25. The highest BCUT2D eigenvalue weighted by atomic mass is 16.3. The molecular formula is C13H14N2O2. The third-order valence-electron chi connectivity index (χ3n) is 2.90. The molecule has 0 saturated heterocycles. The summed E-state index contributed by atoms with van der Waals surface area (Å²) < 4.78 is 0. The number of carbonyl (C=O) groups is 1. The van der Waals surface area contributed by atoms with Crippen LogP contribution < -0.4 is 5.73 Å². The molecule has 0 aliphatic carbocycles. The first-order valence-electron chi connectivity index (χ1n) is 5.38. The van der Waals surface area contributed by atoms with Crippen LogP contribution in [-0.2, 0) is 4.79 Å². The van der Waals surface area contributed by atoms with E-state index in [0.717, 1.165) is 16.5 Å². The van der Waals surface area contributed by atoms with Gasteiger partial charge in [0.05, 0.1) is 11.6 Å². The molecule has 0 bridgehead atoms. The van der Waals surface area contributed by atoms with Crippen molar-refractivity contribution in [1.82, 2.24) is 4.98 Å². The van der Waals surface area contributed by atoms with Crippen molar-refractivity contribution in [3.63, 3.8) is 0 Å². The highest BCUT2D eigenvalue weighted by molar-refractivity contribution is 5.88.